The standard InChI is InChI=1S/C16H15NO4/c1-20-14-9-4-3-8-13(14)17-15(18)11-6-5-7-12(10-11)16(19)21-2/h3-10H,1-2H3,(H,17,18). The molecular weight excluding hydrogens is 270 g/mol. The summed E-state index contributed by atoms with van der Waals surface area (Å²) >= 11 is 0. The van der Waals surface area contributed by atoms with Crippen LogP contribution in [0.3, 0.4) is 0 Å². The Morgan fingerprint density at radius 3 is 2.38 bits per heavy atom. The zero-order valence-electron chi connectivity index (χ0n) is 11.8. The molecule has 0 heterocycles. The highest BCUT2D eigenvalue weighted by molar-refractivity contribution is 6.06. The van der Waals surface area contributed by atoms with Crippen LogP contribution in [-0.4, -0.2) is 26.1 Å². The summed E-state index contributed by atoms with van der Waals surface area (Å²) in [6.07, 6.45) is 0. The average Bonchev–Trinajstić information content (AvgIpc) is 2.54. The lowest BCUT2D eigenvalue weighted by Gasteiger charge is -2.10. The van der Waals surface area contributed by atoms with E-state index in [1.54, 1.807) is 36.4 Å². The third kappa shape index (κ3) is 3.39. The van der Waals surface area contributed by atoms with Gasteiger partial charge in [-0.1, -0.05) is 18.2 Å². The number of nitrogens with one attached hydrogen (secondary N) is 1. The van der Waals surface area contributed by atoms with Gasteiger partial charge in [-0.3, -0.25) is 4.79 Å². The van der Waals surface area contributed by atoms with Crippen molar-refractivity contribution in [3.63, 3.8) is 0 Å². The van der Waals surface area contributed by atoms with Crippen molar-refractivity contribution in [3.05, 3.63) is 59.7 Å². The Labute approximate surface area is 122 Å². The van der Waals surface area contributed by atoms with Crippen molar-refractivity contribution in [3.8, 4) is 5.75 Å². The van der Waals surface area contributed by atoms with Crippen LogP contribution in [0, 0.1) is 0 Å². The van der Waals surface area contributed by atoms with Gasteiger partial charge in [0.1, 0.15) is 5.75 Å². The molecule has 5 heteroatoms. The minimum atomic E-state index is -0.484. The number of anilines is 1. The summed E-state index contributed by atoms with van der Waals surface area (Å²) in [4.78, 5) is 23.7. The summed E-state index contributed by atoms with van der Waals surface area (Å²) in [5, 5.41) is 2.75. The first kappa shape index (κ1) is 14.6. The smallest absolute Gasteiger partial charge is 0.337 e. The Morgan fingerprint density at radius 2 is 1.67 bits per heavy atom. The number of hydrogen-bond donors (Lipinski definition) is 1. The van der Waals surface area contributed by atoms with Gasteiger partial charge in [0.2, 0.25) is 0 Å². The Morgan fingerprint density at radius 1 is 0.952 bits per heavy atom. The third-order valence-electron chi connectivity index (χ3n) is 2.90. The molecule has 0 aliphatic heterocycles. The SMILES string of the molecule is COC(=O)c1cccc(C(=O)Nc2ccccc2OC)c1. The van der Waals surface area contributed by atoms with E-state index in [2.05, 4.69) is 10.1 Å². The van der Waals surface area contributed by atoms with Crippen LogP contribution in [0.5, 0.6) is 5.75 Å². The Bertz CT molecular complexity index is 667. The highest BCUT2D eigenvalue weighted by atomic mass is 16.5. The number of esters is 1. The zero-order valence-corrected chi connectivity index (χ0v) is 11.8. The van der Waals surface area contributed by atoms with E-state index in [0.717, 1.165) is 0 Å². The molecule has 0 spiro atoms. The third-order valence-corrected chi connectivity index (χ3v) is 2.90. The van der Waals surface area contributed by atoms with Crippen LogP contribution in [0.4, 0.5) is 5.69 Å². The fraction of sp³-hybridized carbons (Fsp3) is 0.125. The normalized spacial score (nSPS) is 9.81. The first-order valence-electron chi connectivity index (χ1n) is 6.28. The van der Waals surface area contributed by atoms with E-state index in [1.807, 2.05) is 6.07 Å². The van der Waals surface area contributed by atoms with Crippen molar-refractivity contribution in [2.24, 2.45) is 0 Å². The molecule has 2 rings (SSSR count). The van der Waals surface area contributed by atoms with Gasteiger partial charge in [0.05, 0.1) is 25.5 Å². The van der Waals surface area contributed by atoms with E-state index >= 15 is 0 Å². The molecular formula is C16H15NO4. The van der Waals surface area contributed by atoms with Crippen LogP contribution in [0.15, 0.2) is 48.5 Å². The number of benzene rings is 2. The molecule has 0 aliphatic carbocycles. The zero-order chi connectivity index (χ0) is 15.2. The average molecular weight is 285 g/mol. The van der Waals surface area contributed by atoms with Crippen LogP contribution in [0.2, 0.25) is 0 Å². The number of para-hydroxylation sites is 2. The van der Waals surface area contributed by atoms with Gasteiger partial charge in [-0.25, -0.2) is 4.79 Å². The monoisotopic (exact) mass is 285 g/mol. The predicted octanol–water partition coefficient (Wildman–Crippen LogP) is 2.73. The number of ether oxygens (including phenoxy) is 2. The quantitative estimate of drug-likeness (QED) is 0.877. The molecule has 0 radical (unpaired) electrons. The lowest BCUT2D eigenvalue weighted by molar-refractivity contribution is 0.0600. The number of hydrogen-bond acceptors (Lipinski definition) is 4. The fourth-order valence-electron chi connectivity index (χ4n) is 1.85. The highest BCUT2D eigenvalue weighted by Crippen LogP contribution is 2.23. The topological polar surface area (TPSA) is 64.6 Å². The van der Waals surface area contributed by atoms with Gasteiger partial charge in [-0.15, -0.1) is 0 Å². The van der Waals surface area contributed by atoms with E-state index in [4.69, 9.17) is 4.74 Å². The van der Waals surface area contributed by atoms with E-state index in [1.165, 1.54) is 20.3 Å². The van der Waals surface area contributed by atoms with Crippen molar-refractivity contribution in [2.75, 3.05) is 19.5 Å². The van der Waals surface area contributed by atoms with Crippen molar-refractivity contribution < 1.29 is 19.1 Å². The lowest BCUT2D eigenvalue weighted by Crippen LogP contribution is -2.13. The van der Waals surface area contributed by atoms with Crippen LogP contribution in [0.25, 0.3) is 0 Å². The minimum Gasteiger partial charge on any atom is -0.495 e. The van der Waals surface area contributed by atoms with Crippen molar-refractivity contribution in [2.45, 2.75) is 0 Å². The number of carbonyl (C=O) groups excluding carboxylic acids is 2. The molecule has 2 aromatic rings. The second-order valence-corrected chi connectivity index (χ2v) is 4.23. The molecule has 1 amide bonds. The second-order valence-electron chi connectivity index (χ2n) is 4.23. The Kier molecular flexibility index (Phi) is 4.56. The van der Waals surface area contributed by atoms with E-state index in [-0.39, 0.29) is 5.91 Å². The van der Waals surface area contributed by atoms with E-state index in [9.17, 15) is 9.59 Å². The van der Waals surface area contributed by atoms with Crippen molar-refractivity contribution in [1.82, 2.24) is 0 Å². The van der Waals surface area contributed by atoms with Gasteiger partial charge in [0, 0.05) is 5.56 Å². The summed E-state index contributed by atoms with van der Waals surface area (Å²) in [7, 11) is 2.83. The number of carbonyl (C=O) groups is 2. The van der Waals surface area contributed by atoms with Gasteiger partial charge in [0.15, 0.2) is 0 Å². The molecule has 0 unspecified atom stereocenters. The molecule has 0 fully saturated rings. The summed E-state index contributed by atoms with van der Waals surface area (Å²) in [6, 6.07) is 13.4. The largest absolute Gasteiger partial charge is 0.495 e. The van der Waals surface area contributed by atoms with Crippen LogP contribution in [0.1, 0.15) is 20.7 Å². The first-order chi connectivity index (χ1) is 10.2. The number of amides is 1. The van der Waals surface area contributed by atoms with Gasteiger partial charge in [0.25, 0.3) is 5.91 Å². The van der Waals surface area contributed by atoms with E-state index in [0.29, 0.717) is 22.6 Å². The second kappa shape index (κ2) is 6.56. The maximum atomic E-state index is 12.2. The predicted molar refractivity (Wildman–Crippen MR) is 78.7 cm³/mol. The maximum Gasteiger partial charge on any atom is 0.337 e. The summed E-state index contributed by atoms with van der Waals surface area (Å²) < 4.78 is 9.81. The molecule has 0 bridgehead atoms. The molecule has 1 N–H and O–H groups in total. The van der Waals surface area contributed by atoms with Crippen LogP contribution >= 0.6 is 0 Å². The Hall–Kier alpha value is -2.82. The summed E-state index contributed by atoms with van der Waals surface area (Å²) in [5.41, 5.74) is 1.25. The van der Waals surface area contributed by atoms with Gasteiger partial charge in [-0.05, 0) is 30.3 Å². The first-order valence-corrected chi connectivity index (χ1v) is 6.28. The molecule has 21 heavy (non-hydrogen) atoms. The van der Waals surface area contributed by atoms with Gasteiger partial charge < -0.3 is 14.8 Å². The number of rotatable bonds is 4. The summed E-state index contributed by atoms with van der Waals surface area (Å²) in [5.74, 6) is -0.248. The lowest BCUT2D eigenvalue weighted by atomic mass is 10.1. The van der Waals surface area contributed by atoms with Crippen molar-refractivity contribution >= 4 is 17.6 Å². The number of methoxy groups -OCH3 is 2. The highest BCUT2D eigenvalue weighted by Gasteiger charge is 2.12. The van der Waals surface area contributed by atoms with E-state index < -0.39 is 5.97 Å². The maximum absolute atomic E-state index is 12.2. The van der Waals surface area contributed by atoms with Gasteiger partial charge in [-0.2, -0.15) is 0 Å². The van der Waals surface area contributed by atoms with Gasteiger partial charge >= 0.3 is 5.97 Å². The molecule has 2 aromatic carbocycles. The minimum absolute atomic E-state index is 0.324. The molecule has 0 saturated carbocycles. The molecule has 0 saturated heterocycles. The Balaban J connectivity index is 2.22. The fourth-order valence-corrected chi connectivity index (χ4v) is 1.85. The van der Waals surface area contributed by atoms with Crippen LogP contribution in [-0.2, 0) is 4.74 Å². The van der Waals surface area contributed by atoms with Crippen LogP contribution < -0.4 is 10.1 Å². The van der Waals surface area contributed by atoms with Crippen molar-refractivity contribution in [1.29, 1.82) is 0 Å². The molecule has 0 atom stereocenters. The summed E-state index contributed by atoms with van der Waals surface area (Å²) in [6.45, 7) is 0. The molecule has 0 aliphatic rings. The molecule has 5 nitrogen and oxygen atoms in total. The molecule has 108 valence electrons. The molecule has 0 aromatic heterocycles.